The summed E-state index contributed by atoms with van der Waals surface area (Å²) in [5, 5.41) is 2.95. The quantitative estimate of drug-likeness (QED) is 0.230. The molecule has 242 valence electrons. The molecule has 3 aromatic carbocycles. The van der Waals surface area contributed by atoms with Crippen LogP contribution in [0.5, 0.6) is 0 Å². The maximum Gasteiger partial charge on any atom is 0.417 e. The standard InChI is InChI=1S/C31H31Cl3F3N3O4S/c1-45(43,44)40(24-13-14-26(33)25(17-24)31(35,36)37)19-29(41)39(18-21-11-12-22(32)16-27(21)34)28(15-20-7-3-2-4-8-20)30(42)38-23-9-5-6-10-23/h2-4,7-8,11-14,16-17,23,28H,5-6,9-10,15,18-19H2,1H3,(H,38,42)/t28-/m0/s1. The fourth-order valence-electron chi connectivity index (χ4n) is 5.25. The van der Waals surface area contributed by atoms with Gasteiger partial charge >= 0.3 is 6.18 Å². The first-order valence-corrected chi connectivity index (χ1v) is 17.0. The first kappa shape index (κ1) is 34.9. The Morgan fingerprint density at radius 1 is 0.956 bits per heavy atom. The maximum atomic E-state index is 14.2. The average Bonchev–Trinajstić information content (AvgIpc) is 3.47. The number of alkyl halides is 3. The van der Waals surface area contributed by atoms with Gasteiger partial charge in [0.05, 0.1) is 22.5 Å². The minimum atomic E-state index is -4.88. The molecule has 1 saturated carbocycles. The van der Waals surface area contributed by atoms with Crippen molar-refractivity contribution in [3.63, 3.8) is 0 Å². The first-order chi connectivity index (χ1) is 21.1. The van der Waals surface area contributed by atoms with E-state index < -0.39 is 56.9 Å². The van der Waals surface area contributed by atoms with Crippen molar-refractivity contribution in [2.45, 2.75) is 56.9 Å². The van der Waals surface area contributed by atoms with Crippen LogP contribution >= 0.6 is 34.8 Å². The van der Waals surface area contributed by atoms with E-state index in [9.17, 15) is 31.2 Å². The second-order valence-corrected chi connectivity index (χ2v) is 14.0. The fourth-order valence-corrected chi connectivity index (χ4v) is 6.79. The highest BCUT2D eigenvalue weighted by atomic mass is 35.5. The van der Waals surface area contributed by atoms with Gasteiger partial charge in [0.2, 0.25) is 21.8 Å². The normalized spacial score (nSPS) is 14.6. The molecule has 14 heteroatoms. The number of nitrogens with one attached hydrogen (secondary N) is 1. The zero-order valence-corrected chi connectivity index (χ0v) is 27.2. The molecule has 4 rings (SSSR count). The van der Waals surface area contributed by atoms with Gasteiger partial charge in [-0.1, -0.05) is 84.0 Å². The van der Waals surface area contributed by atoms with E-state index in [1.54, 1.807) is 42.5 Å². The second kappa shape index (κ2) is 14.6. The van der Waals surface area contributed by atoms with Crippen LogP contribution in [0.2, 0.25) is 15.1 Å². The molecule has 1 fully saturated rings. The van der Waals surface area contributed by atoms with Crippen molar-refractivity contribution < 1.29 is 31.2 Å². The number of halogens is 6. The van der Waals surface area contributed by atoms with Crippen LogP contribution in [0.25, 0.3) is 0 Å². The van der Waals surface area contributed by atoms with Gasteiger partial charge in [-0.15, -0.1) is 0 Å². The maximum absolute atomic E-state index is 14.2. The summed E-state index contributed by atoms with van der Waals surface area (Å²) in [7, 11) is -4.30. The lowest BCUT2D eigenvalue weighted by molar-refractivity contribution is -0.140. The van der Waals surface area contributed by atoms with Gasteiger partial charge < -0.3 is 10.2 Å². The van der Waals surface area contributed by atoms with Gasteiger partial charge in [-0.05, 0) is 54.3 Å². The molecule has 0 bridgehead atoms. The number of anilines is 1. The molecule has 0 unspecified atom stereocenters. The smallest absolute Gasteiger partial charge is 0.352 e. The Balaban J connectivity index is 1.78. The second-order valence-electron chi connectivity index (χ2n) is 10.9. The summed E-state index contributed by atoms with van der Waals surface area (Å²) in [6, 6.07) is 15.0. The molecule has 1 atom stereocenters. The lowest BCUT2D eigenvalue weighted by Crippen LogP contribution is -2.54. The highest BCUT2D eigenvalue weighted by Gasteiger charge is 2.37. The average molecular weight is 705 g/mol. The van der Waals surface area contributed by atoms with Crippen LogP contribution in [-0.4, -0.2) is 50.0 Å². The number of nitrogens with zero attached hydrogens (tertiary/aromatic N) is 2. The number of hydrogen-bond acceptors (Lipinski definition) is 4. The third-order valence-corrected chi connectivity index (χ3v) is 9.61. The largest absolute Gasteiger partial charge is 0.417 e. The minimum Gasteiger partial charge on any atom is -0.352 e. The summed E-state index contributed by atoms with van der Waals surface area (Å²) < 4.78 is 67.4. The van der Waals surface area contributed by atoms with E-state index in [1.807, 2.05) is 0 Å². The molecule has 0 aliphatic heterocycles. The zero-order chi connectivity index (χ0) is 32.9. The Morgan fingerprint density at radius 2 is 1.62 bits per heavy atom. The molecule has 3 aromatic rings. The molecule has 2 amide bonds. The number of sulfonamides is 1. The molecule has 0 heterocycles. The lowest BCUT2D eigenvalue weighted by Gasteiger charge is -2.34. The van der Waals surface area contributed by atoms with Crippen molar-refractivity contribution in [2.75, 3.05) is 17.1 Å². The molecule has 1 aliphatic carbocycles. The molecule has 0 radical (unpaired) electrons. The summed E-state index contributed by atoms with van der Waals surface area (Å²) in [4.78, 5) is 29.3. The van der Waals surface area contributed by atoms with Gasteiger partial charge in [-0.2, -0.15) is 13.2 Å². The van der Waals surface area contributed by atoms with E-state index in [4.69, 9.17) is 34.8 Å². The molecule has 0 spiro atoms. The molecule has 0 aromatic heterocycles. The molecular weight excluding hydrogens is 674 g/mol. The number of carbonyl (C=O) groups excluding carboxylic acids is 2. The Hall–Kier alpha value is -2.99. The van der Waals surface area contributed by atoms with Gasteiger partial charge in [0.15, 0.2) is 0 Å². The Kier molecular flexibility index (Phi) is 11.3. The number of amides is 2. The number of carbonyl (C=O) groups is 2. The van der Waals surface area contributed by atoms with E-state index >= 15 is 0 Å². The Morgan fingerprint density at radius 3 is 2.22 bits per heavy atom. The molecule has 7 nitrogen and oxygen atoms in total. The highest BCUT2D eigenvalue weighted by molar-refractivity contribution is 7.92. The van der Waals surface area contributed by atoms with E-state index in [0.29, 0.717) is 21.0 Å². The first-order valence-electron chi connectivity index (χ1n) is 14.1. The third kappa shape index (κ3) is 9.28. The molecular formula is C31H31Cl3F3N3O4S. The van der Waals surface area contributed by atoms with Crippen molar-refractivity contribution in [2.24, 2.45) is 0 Å². The predicted molar refractivity (Wildman–Crippen MR) is 170 cm³/mol. The van der Waals surface area contributed by atoms with E-state index in [0.717, 1.165) is 49.6 Å². The van der Waals surface area contributed by atoms with Crippen LogP contribution in [0.1, 0.15) is 42.4 Å². The molecule has 1 aliphatic rings. The van der Waals surface area contributed by atoms with E-state index in [2.05, 4.69) is 5.32 Å². The Labute approximate surface area is 275 Å². The van der Waals surface area contributed by atoms with E-state index in [-0.39, 0.29) is 24.0 Å². The van der Waals surface area contributed by atoms with Gasteiger partial charge in [0.1, 0.15) is 12.6 Å². The third-order valence-electron chi connectivity index (χ3n) is 7.55. The van der Waals surface area contributed by atoms with Crippen LogP contribution in [0.4, 0.5) is 18.9 Å². The summed E-state index contributed by atoms with van der Waals surface area (Å²) >= 11 is 18.3. The summed E-state index contributed by atoms with van der Waals surface area (Å²) in [5.74, 6) is -1.28. The number of benzene rings is 3. The lowest BCUT2D eigenvalue weighted by atomic mass is 10.0. The van der Waals surface area contributed by atoms with Crippen molar-refractivity contribution in [1.82, 2.24) is 10.2 Å². The topological polar surface area (TPSA) is 86.8 Å². The fraction of sp³-hybridized carbons (Fsp3) is 0.355. The van der Waals surface area contributed by atoms with Gasteiger partial charge in [-0.3, -0.25) is 13.9 Å². The number of rotatable bonds is 11. The highest BCUT2D eigenvalue weighted by Crippen LogP contribution is 2.37. The SMILES string of the molecule is CS(=O)(=O)N(CC(=O)N(Cc1ccc(Cl)cc1Cl)[C@@H](Cc1ccccc1)C(=O)NC1CCCC1)c1ccc(Cl)c(C(F)(F)F)c1. The number of hydrogen-bond donors (Lipinski definition) is 1. The molecule has 45 heavy (non-hydrogen) atoms. The van der Waals surface area contributed by atoms with Gasteiger partial charge in [0, 0.05) is 29.1 Å². The van der Waals surface area contributed by atoms with Crippen LogP contribution in [0.3, 0.4) is 0 Å². The van der Waals surface area contributed by atoms with Crippen molar-refractivity contribution >= 4 is 62.3 Å². The monoisotopic (exact) mass is 703 g/mol. The summed E-state index contributed by atoms with van der Waals surface area (Å²) in [6.45, 7) is -1.11. The van der Waals surface area contributed by atoms with Crippen molar-refractivity contribution in [3.8, 4) is 0 Å². The van der Waals surface area contributed by atoms with Crippen molar-refractivity contribution in [3.05, 3.63) is 98.5 Å². The van der Waals surface area contributed by atoms with Crippen LogP contribution in [-0.2, 0) is 38.8 Å². The molecule has 0 saturated heterocycles. The van der Waals surface area contributed by atoms with Crippen LogP contribution < -0.4 is 9.62 Å². The Bertz CT molecular complexity index is 1640. The van der Waals surface area contributed by atoms with Gasteiger partial charge in [-0.25, -0.2) is 8.42 Å². The van der Waals surface area contributed by atoms with Gasteiger partial charge in [0.25, 0.3) is 0 Å². The zero-order valence-electron chi connectivity index (χ0n) is 24.2. The molecule has 1 N–H and O–H groups in total. The summed E-state index contributed by atoms with van der Waals surface area (Å²) in [5.41, 5.74) is -0.512. The predicted octanol–water partition coefficient (Wildman–Crippen LogP) is 7.13. The van der Waals surface area contributed by atoms with Crippen LogP contribution in [0, 0.1) is 0 Å². The van der Waals surface area contributed by atoms with Crippen molar-refractivity contribution in [1.29, 1.82) is 0 Å². The van der Waals surface area contributed by atoms with Crippen LogP contribution in [0.15, 0.2) is 66.7 Å². The minimum absolute atomic E-state index is 0.0778. The van der Waals surface area contributed by atoms with E-state index in [1.165, 1.54) is 11.0 Å². The summed E-state index contributed by atoms with van der Waals surface area (Å²) in [6.07, 6.45) is -0.577.